The standard InChI is InChI=1S/C11H20N2OS/c1-8-9(4-3-7-15-8)12-10-5-6-13(2)11(10)14/h8-10,12H,3-7H2,1-2H3. The molecule has 4 heteroatoms. The number of nitrogens with one attached hydrogen (secondary N) is 1. The fourth-order valence-corrected chi connectivity index (χ4v) is 3.53. The van der Waals surface area contributed by atoms with Gasteiger partial charge >= 0.3 is 0 Å². The van der Waals surface area contributed by atoms with Gasteiger partial charge in [0.25, 0.3) is 0 Å². The number of amides is 1. The molecule has 2 aliphatic heterocycles. The molecule has 0 aromatic rings. The summed E-state index contributed by atoms with van der Waals surface area (Å²) >= 11 is 2.02. The van der Waals surface area contributed by atoms with Crippen LogP contribution in [-0.4, -0.2) is 47.5 Å². The highest BCUT2D eigenvalue weighted by Crippen LogP contribution is 2.26. The van der Waals surface area contributed by atoms with E-state index in [9.17, 15) is 4.79 Å². The number of thioether (sulfide) groups is 1. The van der Waals surface area contributed by atoms with Crippen molar-refractivity contribution >= 4 is 17.7 Å². The van der Waals surface area contributed by atoms with Crippen LogP contribution in [0.5, 0.6) is 0 Å². The Kier molecular flexibility index (Phi) is 3.57. The molecule has 0 aliphatic carbocycles. The van der Waals surface area contributed by atoms with Gasteiger partial charge in [0.2, 0.25) is 5.91 Å². The summed E-state index contributed by atoms with van der Waals surface area (Å²) in [6.45, 7) is 3.18. The molecular weight excluding hydrogens is 208 g/mol. The third kappa shape index (κ3) is 2.48. The molecule has 3 atom stereocenters. The Balaban J connectivity index is 1.88. The smallest absolute Gasteiger partial charge is 0.239 e. The van der Waals surface area contributed by atoms with Crippen LogP contribution in [-0.2, 0) is 4.79 Å². The Morgan fingerprint density at radius 2 is 2.27 bits per heavy atom. The molecule has 0 bridgehead atoms. The van der Waals surface area contributed by atoms with E-state index >= 15 is 0 Å². The lowest BCUT2D eigenvalue weighted by atomic mass is 10.1. The largest absolute Gasteiger partial charge is 0.344 e. The third-order valence-electron chi connectivity index (χ3n) is 3.45. The Hall–Kier alpha value is -0.220. The minimum Gasteiger partial charge on any atom is -0.344 e. The summed E-state index contributed by atoms with van der Waals surface area (Å²) in [7, 11) is 1.89. The Bertz CT molecular complexity index is 247. The lowest BCUT2D eigenvalue weighted by molar-refractivity contribution is -0.128. The number of carbonyl (C=O) groups excluding carboxylic acids is 1. The highest BCUT2D eigenvalue weighted by Gasteiger charge is 2.32. The maximum Gasteiger partial charge on any atom is 0.239 e. The SMILES string of the molecule is CC1SCCCC1NC1CCN(C)C1=O. The molecule has 0 aromatic heterocycles. The Labute approximate surface area is 96.0 Å². The molecule has 1 N–H and O–H groups in total. The second-order valence-corrected chi connectivity index (χ2v) is 6.08. The van der Waals surface area contributed by atoms with Crippen molar-refractivity contribution in [1.29, 1.82) is 0 Å². The highest BCUT2D eigenvalue weighted by molar-refractivity contribution is 7.99. The molecule has 0 radical (unpaired) electrons. The molecule has 2 saturated heterocycles. The molecule has 3 unspecified atom stereocenters. The van der Waals surface area contributed by atoms with Crippen LogP contribution in [0.1, 0.15) is 26.2 Å². The van der Waals surface area contributed by atoms with Crippen molar-refractivity contribution in [2.45, 2.75) is 43.5 Å². The zero-order chi connectivity index (χ0) is 10.8. The summed E-state index contributed by atoms with van der Waals surface area (Å²) in [6.07, 6.45) is 3.48. The van der Waals surface area contributed by atoms with E-state index in [4.69, 9.17) is 0 Å². The first-order chi connectivity index (χ1) is 7.18. The van der Waals surface area contributed by atoms with Crippen molar-refractivity contribution in [2.75, 3.05) is 19.3 Å². The van der Waals surface area contributed by atoms with Crippen molar-refractivity contribution in [1.82, 2.24) is 10.2 Å². The van der Waals surface area contributed by atoms with Gasteiger partial charge in [-0.2, -0.15) is 11.8 Å². The van der Waals surface area contributed by atoms with E-state index in [1.165, 1.54) is 18.6 Å². The van der Waals surface area contributed by atoms with Gasteiger partial charge in [-0.3, -0.25) is 4.79 Å². The van der Waals surface area contributed by atoms with Crippen molar-refractivity contribution in [3.63, 3.8) is 0 Å². The molecule has 15 heavy (non-hydrogen) atoms. The maximum atomic E-state index is 11.7. The fourth-order valence-electron chi connectivity index (χ4n) is 2.38. The highest BCUT2D eigenvalue weighted by atomic mass is 32.2. The fraction of sp³-hybridized carbons (Fsp3) is 0.909. The maximum absolute atomic E-state index is 11.7. The van der Waals surface area contributed by atoms with E-state index in [-0.39, 0.29) is 11.9 Å². The predicted molar refractivity (Wildman–Crippen MR) is 64.1 cm³/mol. The summed E-state index contributed by atoms with van der Waals surface area (Å²) in [5.41, 5.74) is 0. The van der Waals surface area contributed by atoms with Gasteiger partial charge in [0.1, 0.15) is 0 Å². The number of hydrogen-bond acceptors (Lipinski definition) is 3. The predicted octanol–water partition coefficient (Wildman–Crippen LogP) is 1.09. The van der Waals surface area contributed by atoms with Crippen LogP contribution in [0, 0.1) is 0 Å². The Morgan fingerprint density at radius 1 is 1.47 bits per heavy atom. The number of likely N-dealkylation sites (tertiary alicyclic amines) is 1. The molecule has 2 rings (SSSR count). The summed E-state index contributed by atoms with van der Waals surface area (Å²) < 4.78 is 0. The first-order valence-corrected chi connectivity index (χ1v) is 6.86. The molecule has 86 valence electrons. The van der Waals surface area contributed by atoms with Gasteiger partial charge in [-0.05, 0) is 25.0 Å². The quantitative estimate of drug-likeness (QED) is 0.768. The summed E-state index contributed by atoms with van der Waals surface area (Å²) in [4.78, 5) is 13.6. The van der Waals surface area contributed by atoms with Crippen LogP contribution in [0.3, 0.4) is 0 Å². The van der Waals surface area contributed by atoms with Gasteiger partial charge in [0, 0.05) is 24.9 Å². The summed E-state index contributed by atoms with van der Waals surface area (Å²) in [5.74, 6) is 1.55. The first-order valence-electron chi connectivity index (χ1n) is 5.81. The first kappa shape index (κ1) is 11.3. The van der Waals surface area contributed by atoms with Crippen LogP contribution in [0.4, 0.5) is 0 Å². The summed E-state index contributed by atoms with van der Waals surface area (Å²) in [5, 5.41) is 4.19. The molecule has 2 fully saturated rings. The van der Waals surface area contributed by atoms with Crippen molar-refractivity contribution in [3.8, 4) is 0 Å². The minimum absolute atomic E-state index is 0.0844. The van der Waals surface area contributed by atoms with Gasteiger partial charge in [-0.1, -0.05) is 6.92 Å². The molecule has 0 aromatic carbocycles. The van der Waals surface area contributed by atoms with Crippen LogP contribution in [0.15, 0.2) is 0 Å². The topological polar surface area (TPSA) is 32.3 Å². The van der Waals surface area contributed by atoms with Crippen LogP contribution >= 0.6 is 11.8 Å². The van der Waals surface area contributed by atoms with Gasteiger partial charge < -0.3 is 10.2 Å². The van der Waals surface area contributed by atoms with Gasteiger partial charge in [-0.15, -0.1) is 0 Å². The van der Waals surface area contributed by atoms with Gasteiger partial charge in [0.15, 0.2) is 0 Å². The van der Waals surface area contributed by atoms with E-state index in [0.717, 1.165) is 13.0 Å². The molecular formula is C11H20N2OS. The second-order valence-electron chi connectivity index (χ2n) is 4.59. The third-order valence-corrected chi connectivity index (χ3v) is 4.83. The van der Waals surface area contributed by atoms with Gasteiger partial charge in [-0.25, -0.2) is 0 Å². The zero-order valence-corrected chi connectivity index (χ0v) is 10.3. The lowest BCUT2D eigenvalue weighted by Gasteiger charge is -2.31. The monoisotopic (exact) mass is 228 g/mol. The van der Waals surface area contributed by atoms with E-state index in [1.54, 1.807) is 0 Å². The average molecular weight is 228 g/mol. The zero-order valence-electron chi connectivity index (χ0n) is 9.53. The number of nitrogens with zero attached hydrogens (tertiary/aromatic N) is 1. The van der Waals surface area contributed by atoms with Crippen molar-refractivity contribution in [2.24, 2.45) is 0 Å². The number of rotatable bonds is 2. The second kappa shape index (κ2) is 4.74. The van der Waals surface area contributed by atoms with Crippen LogP contribution in [0.25, 0.3) is 0 Å². The van der Waals surface area contributed by atoms with E-state index < -0.39 is 0 Å². The molecule has 2 aliphatic rings. The average Bonchev–Trinajstić information content (AvgIpc) is 2.53. The minimum atomic E-state index is 0.0844. The van der Waals surface area contributed by atoms with Crippen LogP contribution in [0.2, 0.25) is 0 Å². The van der Waals surface area contributed by atoms with Crippen molar-refractivity contribution < 1.29 is 4.79 Å². The lowest BCUT2D eigenvalue weighted by Crippen LogP contribution is -2.48. The molecule has 3 nitrogen and oxygen atoms in total. The number of likely N-dealkylation sites (N-methyl/N-ethyl adjacent to an activating group) is 1. The molecule has 0 saturated carbocycles. The molecule has 1 amide bonds. The number of carbonyl (C=O) groups is 1. The normalized spacial score (nSPS) is 37.3. The van der Waals surface area contributed by atoms with Crippen LogP contribution < -0.4 is 5.32 Å². The molecule has 2 heterocycles. The summed E-state index contributed by atoms with van der Waals surface area (Å²) in [6, 6.07) is 0.616. The van der Waals surface area contributed by atoms with E-state index in [2.05, 4.69) is 12.2 Å². The van der Waals surface area contributed by atoms with E-state index in [0.29, 0.717) is 11.3 Å². The Morgan fingerprint density at radius 3 is 2.87 bits per heavy atom. The van der Waals surface area contributed by atoms with Crippen molar-refractivity contribution in [3.05, 3.63) is 0 Å². The molecule has 0 spiro atoms. The van der Waals surface area contributed by atoms with Gasteiger partial charge in [0.05, 0.1) is 6.04 Å². The van der Waals surface area contributed by atoms with E-state index in [1.807, 2.05) is 23.7 Å². The number of hydrogen-bond donors (Lipinski definition) is 1.